The number of carbonyl (C=O) groups excluding carboxylic acids is 1. The van der Waals surface area contributed by atoms with Crippen molar-refractivity contribution in [3.63, 3.8) is 0 Å². The number of rotatable bonds is 1. The highest BCUT2D eigenvalue weighted by Crippen LogP contribution is 2.40. The molecule has 6 nitrogen and oxygen atoms in total. The van der Waals surface area contributed by atoms with Crippen molar-refractivity contribution in [3.05, 3.63) is 0 Å². The Morgan fingerprint density at radius 1 is 1.26 bits per heavy atom. The van der Waals surface area contributed by atoms with Crippen LogP contribution >= 0.6 is 0 Å². The minimum Gasteiger partial charge on any atom is -0.479 e. The Morgan fingerprint density at radius 3 is 2.11 bits per heavy atom. The average Bonchev–Trinajstić information content (AvgIpc) is 2.30. The lowest BCUT2D eigenvalue weighted by atomic mass is 9.94. The van der Waals surface area contributed by atoms with Gasteiger partial charge in [0.15, 0.2) is 5.54 Å². The van der Waals surface area contributed by atoms with Crippen LogP contribution in [0.3, 0.4) is 0 Å². The number of amides is 1. The van der Waals surface area contributed by atoms with Gasteiger partial charge in [0.2, 0.25) is 0 Å². The molecule has 1 aliphatic heterocycles. The van der Waals surface area contributed by atoms with Crippen LogP contribution in [0.1, 0.15) is 48.5 Å². The van der Waals surface area contributed by atoms with Gasteiger partial charge in [-0.15, -0.1) is 0 Å². The van der Waals surface area contributed by atoms with Crippen molar-refractivity contribution in [1.82, 2.24) is 4.90 Å². The van der Waals surface area contributed by atoms with Crippen molar-refractivity contribution in [2.45, 2.75) is 71.4 Å². The Labute approximate surface area is 113 Å². The maximum Gasteiger partial charge on any atom is 0.413 e. The third-order valence-corrected chi connectivity index (χ3v) is 3.27. The second-order valence-electron chi connectivity index (χ2n) is 6.48. The predicted octanol–water partition coefficient (Wildman–Crippen LogP) is 2.22. The highest BCUT2D eigenvalue weighted by molar-refractivity contribution is 5.86. The van der Waals surface area contributed by atoms with Gasteiger partial charge in [0.25, 0.3) is 0 Å². The van der Waals surface area contributed by atoms with E-state index in [0.717, 1.165) is 4.90 Å². The topological polar surface area (TPSA) is 76.1 Å². The molecule has 0 unspecified atom stereocenters. The highest BCUT2D eigenvalue weighted by Gasteiger charge is 2.61. The maximum atomic E-state index is 12.3. The minimum atomic E-state index is -1.45. The zero-order valence-corrected chi connectivity index (χ0v) is 12.6. The number of hydrogen-bond donors (Lipinski definition) is 1. The maximum absolute atomic E-state index is 12.3. The van der Waals surface area contributed by atoms with Gasteiger partial charge >= 0.3 is 12.1 Å². The number of hydrogen-bond acceptors (Lipinski definition) is 4. The third-order valence-electron chi connectivity index (χ3n) is 3.27. The first kappa shape index (κ1) is 15.8. The summed E-state index contributed by atoms with van der Waals surface area (Å²) < 4.78 is 10.9. The molecule has 19 heavy (non-hydrogen) atoms. The Morgan fingerprint density at radius 2 is 1.74 bits per heavy atom. The van der Waals surface area contributed by atoms with Gasteiger partial charge in [-0.1, -0.05) is 0 Å². The van der Waals surface area contributed by atoms with Crippen LogP contribution in [0.5, 0.6) is 0 Å². The molecule has 1 saturated heterocycles. The smallest absolute Gasteiger partial charge is 0.413 e. The van der Waals surface area contributed by atoms with Crippen LogP contribution in [0.15, 0.2) is 0 Å². The van der Waals surface area contributed by atoms with Gasteiger partial charge in [-0.05, 0) is 48.5 Å². The Kier molecular flexibility index (Phi) is 3.62. The molecule has 1 fully saturated rings. The van der Waals surface area contributed by atoms with E-state index in [0.29, 0.717) is 0 Å². The van der Waals surface area contributed by atoms with Gasteiger partial charge < -0.3 is 14.6 Å². The van der Waals surface area contributed by atoms with Gasteiger partial charge in [0, 0.05) is 0 Å². The van der Waals surface area contributed by atoms with Crippen LogP contribution in [0.25, 0.3) is 0 Å². The largest absolute Gasteiger partial charge is 0.479 e. The molecular formula is C13H23NO5. The molecule has 1 N–H and O–H groups in total. The normalized spacial score (nSPS) is 30.3. The predicted molar refractivity (Wildman–Crippen MR) is 68.7 cm³/mol. The van der Waals surface area contributed by atoms with E-state index in [2.05, 4.69) is 0 Å². The van der Waals surface area contributed by atoms with E-state index in [1.807, 2.05) is 0 Å². The average molecular weight is 273 g/mol. The van der Waals surface area contributed by atoms with Crippen molar-refractivity contribution < 1.29 is 24.2 Å². The van der Waals surface area contributed by atoms with Crippen molar-refractivity contribution in [2.75, 3.05) is 0 Å². The Bertz CT molecular complexity index is 398. The van der Waals surface area contributed by atoms with Gasteiger partial charge in [-0.3, -0.25) is 4.90 Å². The summed E-state index contributed by atoms with van der Waals surface area (Å²) in [7, 11) is 0. The zero-order chi connectivity index (χ0) is 15.2. The SMILES string of the molecule is C[C@H]1OC(C)(C)N(C(=O)OC(C)(C)C)[C@]1(C)C(=O)O. The molecule has 6 heteroatoms. The van der Waals surface area contributed by atoms with E-state index in [-0.39, 0.29) is 0 Å². The molecule has 110 valence electrons. The first-order valence-corrected chi connectivity index (χ1v) is 6.27. The van der Waals surface area contributed by atoms with E-state index in [1.54, 1.807) is 41.5 Å². The molecule has 0 aliphatic carbocycles. The van der Waals surface area contributed by atoms with E-state index in [9.17, 15) is 14.7 Å². The first-order valence-electron chi connectivity index (χ1n) is 6.27. The highest BCUT2D eigenvalue weighted by atomic mass is 16.6. The van der Waals surface area contributed by atoms with Crippen molar-refractivity contribution in [3.8, 4) is 0 Å². The van der Waals surface area contributed by atoms with Crippen molar-refractivity contribution in [1.29, 1.82) is 0 Å². The minimum absolute atomic E-state index is 0.632. The van der Waals surface area contributed by atoms with E-state index >= 15 is 0 Å². The second-order valence-corrected chi connectivity index (χ2v) is 6.48. The molecule has 1 aliphatic rings. The van der Waals surface area contributed by atoms with Gasteiger partial charge in [0.05, 0.1) is 6.10 Å². The first-order chi connectivity index (χ1) is 8.32. The fourth-order valence-corrected chi connectivity index (χ4v) is 2.33. The van der Waals surface area contributed by atoms with Gasteiger partial charge in [-0.2, -0.15) is 0 Å². The summed E-state index contributed by atoms with van der Waals surface area (Å²) in [5.41, 5.74) is -3.18. The monoisotopic (exact) mass is 273 g/mol. The molecule has 0 aromatic carbocycles. The summed E-state index contributed by atoms with van der Waals surface area (Å²) in [6.07, 6.45) is -1.32. The molecule has 1 amide bonds. The second kappa shape index (κ2) is 4.37. The molecule has 0 aromatic heterocycles. The summed E-state index contributed by atoms with van der Waals surface area (Å²) >= 11 is 0. The molecule has 0 radical (unpaired) electrons. The number of carboxylic acids is 1. The van der Waals surface area contributed by atoms with Crippen LogP contribution in [0.4, 0.5) is 4.79 Å². The Balaban J connectivity index is 3.19. The van der Waals surface area contributed by atoms with Crippen LogP contribution < -0.4 is 0 Å². The van der Waals surface area contributed by atoms with Crippen molar-refractivity contribution >= 4 is 12.1 Å². The van der Waals surface area contributed by atoms with Crippen LogP contribution in [0.2, 0.25) is 0 Å². The Hall–Kier alpha value is -1.30. The van der Waals surface area contributed by atoms with Crippen molar-refractivity contribution in [2.24, 2.45) is 0 Å². The quantitative estimate of drug-likeness (QED) is 0.792. The fourth-order valence-electron chi connectivity index (χ4n) is 2.33. The standard InChI is InChI=1S/C13H23NO5/c1-8-13(7,9(15)16)14(12(5,6)18-8)10(17)19-11(2,3)4/h8H,1-7H3,(H,15,16)/t8-,13+/m1/s1. The molecule has 0 bridgehead atoms. The van der Waals surface area contributed by atoms with Crippen LogP contribution in [-0.2, 0) is 14.3 Å². The van der Waals surface area contributed by atoms with Crippen LogP contribution in [-0.4, -0.2) is 45.0 Å². The number of carboxylic acid groups (broad SMARTS) is 1. The molecule has 0 aromatic rings. The summed E-state index contributed by atoms with van der Waals surface area (Å²) in [5.74, 6) is -1.11. The number of carbonyl (C=O) groups is 2. The van der Waals surface area contributed by atoms with E-state index < -0.39 is 35.0 Å². The fraction of sp³-hybridized carbons (Fsp3) is 0.846. The van der Waals surface area contributed by atoms with Gasteiger partial charge in [-0.25, -0.2) is 9.59 Å². The van der Waals surface area contributed by atoms with Gasteiger partial charge in [0.1, 0.15) is 11.3 Å². The molecule has 0 saturated carbocycles. The molecule has 1 rings (SSSR count). The zero-order valence-electron chi connectivity index (χ0n) is 12.6. The summed E-state index contributed by atoms with van der Waals surface area (Å²) in [6, 6.07) is 0. The lowest BCUT2D eigenvalue weighted by molar-refractivity contribution is -0.150. The van der Waals surface area contributed by atoms with Crippen LogP contribution in [0, 0.1) is 0 Å². The third kappa shape index (κ3) is 2.68. The van der Waals surface area contributed by atoms with E-state index in [4.69, 9.17) is 9.47 Å². The van der Waals surface area contributed by atoms with E-state index in [1.165, 1.54) is 6.92 Å². The summed E-state index contributed by atoms with van der Waals surface area (Å²) in [5, 5.41) is 9.46. The molecule has 0 spiro atoms. The molecule has 1 heterocycles. The lowest BCUT2D eigenvalue weighted by Gasteiger charge is -2.38. The summed E-state index contributed by atoms with van der Waals surface area (Å²) in [4.78, 5) is 25.0. The molecular weight excluding hydrogens is 250 g/mol. The number of ether oxygens (including phenoxy) is 2. The lowest BCUT2D eigenvalue weighted by Crippen LogP contribution is -2.60. The summed E-state index contributed by atoms with van der Waals surface area (Å²) in [6.45, 7) is 11.6. The number of aliphatic carboxylic acids is 1. The molecule has 2 atom stereocenters. The number of nitrogens with zero attached hydrogens (tertiary/aromatic N) is 1.